The summed E-state index contributed by atoms with van der Waals surface area (Å²) in [7, 11) is 0. The number of carbonyl (C=O) groups excluding carboxylic acids is 1. The lowest BCUT2D eigenvalue weighted by molar-refractivity contribution is -0.107. The maximum Gasteiger partial charge on any atom is 0.120 e. The average Bonchev–Trinajstić information content (AvgIpc) is 2.26. The first-order valence-corrected chi connectivity index (χ1v) is 5.08. The number of nitrogens with zero attached hydrogens (tertiary/aromatic N) is 1. The molecule has 76 valence electrons. The number of aryl methyl sites for hydroxylation is 2. The SMILES string of the molecule is Cc1cc2ccc(CCC=O)cc2cn1. The number of benzene rings is 1. The Morgan fingerprint density at radius 1 is 1.27 bits per heavy atom. The molecule has 0 saturated carbocycles. The third-order valence-corrected chi connectivity index (χ3v) is 2.47. The van der Waals surface area contributed by atoms with E-state index in [4.69, 9.17) is 0 Å². The van der Waals surface area contributed by atoms with E-state index < -0.39 is 0 Å². The number of aromatic nitrogens is 1. The quantitative estimate of drug-likeness (QED) is 0.711. The van der Waals surface area contributed by atoms with E-state index in [1.807, 2.05) is 13.1 Å². The molecule has 0 aliphatic rings. The van der Waals surface area contributed by atoms with Gasteiger partial charge in [-0.3, -0.25) is 4.98 Å². The lowest BCUT2D eigenvalue weighted by Crippen LogP contribution is -1.87. The first-order chi connectivity index (χ1) is 7.29. The van der Waals surface area contributed by atoms with Crippen LogP contribution in [0.15, 0.2) is 30.5 Å². The van der Waals surface area contributed by atoms with Crippen molar-refractivity contribution in [3.63, 3.8) is 0 Å². The Bertz CT molecular complexity index is 491. The third-order valence-electron chi connectivity index (χ3n) is 2.47. The van der Waals surface area contributed by atoms with Gasteiger partial charge in [0.15, 0.2) is 0 Å². The van der Waals surface area contributed by atoms with Gasteiger partial charge in [0.2, 0.25) is 0 Å². The molecule has 1 aromatic heterocycles. The minimum absolute atomic E-state index is 0.588. The van der Waals surface area contributed by atoms with Crippen LogP contribution in [0.1, 0.15) is 17.7 Å². The molecule has 0 saturated heterocycles. The first kappa shape index (κ1) is 9.84. The summed E-state index contributed by atoms with van der Waals surface area (Å²) in [5, 5.41) is 2.35. The number of hydrogen-bond acceptors (Lipinski definition) is 2. The van der Waals surface area contributed by atoms with Gasteiger partial charge in [0.1, 0.15) is 6.29 Å². The molecule has 2 rings (SSSR count). The fourth-order valence-corrected chi connectivity index (χ4v) is 1.68. The Morgan fingerprint density at radius 3 is 2.93 bits per heavy atom. The van der Waals surface area contributed by atoms with E-state index in [2.05, 4.69) is 29.2 Å². The number of aldehydes is 1. The van der Waals surface area contributed by atoms with Crippen LogP contribution >= 0.6 is 0 Å². The number of pyridine rings is 1. The maximum atomic E-state index is 10.3. The highest BCUT2D eigenvalue weighted by Gasteiger charge is 1.97. The van der Waals surface area contributed by atoms with Gasteiger partial charge in [0.05, 0.1) is 0 Å². The highest BCUT2D eigenvalue weighted by atomic mass is 16.1. The fourth-order valence-electron chi connectivity index (χ4n) is 1.68. The molecule has 2 aromatic rings. The normalized spacial score (nSPS) is 10.5. The molecule has 0 aliphatic heterocycles. The lowest BCUT2D eigenvalue weighted by atomic mass is 10.1. The van der Waals surface area contributed by atoms with Gasteiger partial charge in [-0.05, 0) is 36.4 Å². The summed E-state index contributed by atoms with van der Waals surface area (Å²) in [4.78, 5) is 14.5. The molecule has 1 aromatic carbocycles. The summed E-state index contributed by atoms with van der Waals surface area (Å²) in [5.41, 5.74) is 2.23. The van der Waals surface area contributed by atoms with Crippen molar-refractivity contribution in [2.75, 3.05) is 0 Å². The second-order valence-electron chi connectivity index (χ2n) is 3.71. The summed E-state index contributed by atoms with van der Waals surface area (Å²) in [5.74, 6) is 0. The highest BCUT2D eigenvalue weighted by Crippen LogP contribution is 2.16. The van der Waals surface area contributed by atoms with E-state index in [1.54, 1.807) is 0 Å². The van der Waals surface area contributed by atoms with Crippen molar-refractivity contribution in [3.8, 4) is 0 Å². The van der Waals surface area contributed by atoms with E-state index in [0.29, 0.717) is 6.42 Å². The Morgan fingerprint density at radius 2 is 2.13 bits per heavy atom. The predicted octanol–water partition coefficient (Wildman–Crippen LogP) is 2.67. The molecule has 0 aliphatic carbocycles. The summed E-state index contributed by atoms with van der Waals surface area (Å²) in [6, 6.07) is 8.33. The topological polar surface area (TPSA) is 30.0 Å². The Balaban J connectivity index is 2.38. The molecular formula is C13H13NO. The fraction of sp³-hybridized carbons (Fsp3) is 0.231. The molecular weight excluding hydrogens is 186 g/mol. The molecule has 1 heterocycles. The minimum atomic E-state index is 0.588. The van der Waals surface area contributed by atoms with Gasteiger partial charge >= 0.3 is 0 Å². The zero-order valence-electron chi connectivity index (χ0n) is 8.73. The zero-order chi connectivity index (χ0) is 10.7. The van der Waals surface area contributed by atoms with Gasteiger partial charge in [0.25, 0.3) is 0 Å². The van der Waals surface area contributed by atoms with Crippen molar-refractivity contribution in [3.05, 3.63) is 41.7 Å². The highest BCUT2D eigenvalue weighted by molar-refractivity contribution is 5.82. The van der Waals surface area contributed by atoms with Crippen molar-refractivity contribution in [1.82, 2.24) is 4.98 Å². The number of rotatable bonds is 3. The van der Waals surface area contributed by atoms with E-state index in [1.165, 1.54) is 10.9 Å². The number of hydrogen-bond donors (Lipinski definition) is 0. The van der Waals surface area contributed by atoms with Crippen molar-refractivity contribution in [2.24, 2.45) is 0 Å². The molecule has 0 fully saturated rings. The van der Waals surface area contributed by atoms with Crippen LogP contribution in [-0.4, -0.2) is 11.3 Å². The van der Waals surface area contributed by atoms with Crippen molar-refractivity contribution in [2.45, 2.75) is 19.8 Å². The van der Waals surface area contributed by atoms with Gasteiger partial charge < -0.3 is 4.79 Å². The molecule has 0 amide bonds. The van der Waals surface area contributed by atoms with Gasteiger partial charge in [-0.2, -0.15) is 0 Å². The van der Waals surface area contributed by atoms with Gasteiger partial charge in [-0.1, -0.05) is 12.1 Å². The van der Waals surface area contributed by atoms with Crippen molar-refractivity contribution >= 4 is 17.1 Å². The Labute approximate surface area is 89.0 Å². The number of fused-ring (bicyclic) bond motifs is 1. The van der Waals surface area contributed by atoms with Crippen molar-refractivity contribution < 1.29 is 4.79 Å². The third kappa shape index (κ3) is 2.21. The van der Waals surface area contributed by atoms with E-state index >= 15 is 0 Å². The molecule has 0 atom stereocenters. The monoisotopic (exact) mass is 199 g/mol. The Hall–Kier alpha value is -1.70. The average molecular weight is 199 g/mol. The van der Waals surface area contributed by atoms with Crippen LogP contribution in [-0.2, 0) is 11.2 Å². The molecule has 0 unspecified atom stereocenters. The molecule has 2 nitrogen and oxygen atoms in total. The molecule has 15 heavy (non-hydrogen) atoms. The summed E-state index contributed by atoms with van der Waals surface area (Å²) in [6.45, 7) is 1.99. The largest absolute Gasteiger partial charge is 0.303 e. The molecule has 0 spiro atoms. The lowest BCUT2D eigenvalue weighted by Gasteiger charge is -2.02. The number of carbonyl (C=O) groups is 1. The zero-order valence-corrected chi connectivity index (χ0v) is 8.73. The van der Waals surface area contributed by atoms with Crippen LogP contribution in [0, 0.1) is 6.92 Å². The summed E-state index contributed by atoms with van der Waals surface area (Å²) >= 11 is 0. The summed E-state index contributed by atoms with van der Waals surface area (Å²) in [6.07, 6.45) is 4.24. The van der Waals surface area contributed by atoms with E-state index in [-0.39, 0.29) is 0 Å². The molecule has 2 heteroatoms. The van der Waals surface area contributed by atoms with Crippen LogP contribution in [0.2, 0.25) is 0 Å². The van der Waals surface area contributed by atoms with Crippen LogP contribution < -0.4 is 0 Å². The second-order valence-corrected chi connectivity index (χ2v) is 3.71. The Kier molecular flexibility index (Phi) is 2.77. The standard InChI is InChI=1S/C13H13NO/c1-10-7-12-5-4-11(3-2-6-15)8-13(12)9-14-10/h4-9H,2-3H2,1H3. The molecule has 0 bridgehead atoms. The first-order valence-electron chi connectivity index (χ1n) is 5.08. The molecule has 0 N–H and O–H groups in total. The van der Waals surface area contributed by atoms with Gasteiger partial charge in [0, 0.05) is 23.7 Å². The minimum Gasteiger partial charge on any atom is -0.303 e. The van der Waals surface area contributed by atoms with Gasteiger partial charge in [-0.15, -0.1) is 0 Å². The smallest absolute Gasteiger partial charge is 0.120 e. The second kappa shape index (κ2) is 4.22. The predicted molar refractivity (Wildman–Crippen MR) is 60.9 cm³/mol. The van der Waals surface area contributed by atoms with Crippen LogP contribution in [0.4, 0.5) is 0 Å². The van der Waals surface area contributed by atoms with Crippen molar-refractivity contribution in [1.29, 1.82) is 0 Å². The van der Waals surface area contributed by atoms with Crippen LogP contribution in [0.5, 0.6) is 0 Å². The van der Waals surface area contributed by atoms with E-state index in [9.17, 15) is 4.79 Å². The maximum absolute atomic E-state index is 10.3. The van der Waals surface area contributed by atoms with Crippen LogP contribution in [0.25, 0.3) is 10.8 Å². The summed E-state index contributed by atoms with van der Waals surface area (Å²) < 4.78 is 0. The molecule has 0 radical (unpaired) electrons. The van der Waals surface area contributed by atoms with Crippen LogP contribution in [0.3, 0.4) is 0 Å². The van der Waals surface area contributed by atoms with E-state index in [0.717, 1.165) is 23.8 Å². The van der Waals surface area contributed by atoms with Gasteiger partial charge in [-0.25, -0.2) is 0 Å².